The number of hydrogen-bond acceptors (Lipinski definition) is 7. The van der Waals surface area contributed by atoms with Crippen molar-refractivity contribution in [2.75, 3.05) is 21.3 Å². The maximum absolute atomic E-state index is 12.4. The standard InChI is InChI=1S/C20H20N2O6/c1-11-10-28-14-6-5-13(18(23)17(11)14)20(24)22-21-9-12-7-15(25-2)19(27-4)16(8-12)26-3/h5-10,23H,1-4H3,(H,22,24)/b21-9+. The smallest absolute Gasteiger partial charge is 0.275 e. The Bertz CT molecular complexity index is 1030. The molecular weight excluding hydrogens is 364 g/mol. The topological polar surface area (TPSA) is 103 Å². The number of ether oxygens (including phenoxy) is 3. The Labute approximate surface area is 161 Å². The summed E-state index contributed by atoms with van der Waals surface area (Å²) >= 11 is 0. The van der Waals surface area contributed by atoms with Crippen LogP contribution in [0, 0.1) is 6.92 Å². The second-order valence-electron chi connectivity index (χ2n) is 5.91. The van der Waals surface area contributed by atoms with Crippen LogP contribution in [-0.4, -0.2) is 38.6 Å². The first-order valence-corrected chi connectivity index (χ1v) is 8.33. The summed E-state index contributed by atoms with van der Waals surface area (Å²) in [5.74, 6) is 0.689. The van der Waals surface area contributed by atoms with E-state index in [2.05, 4.69) is 10.5 Å². The number of phenols is 1. The fourth-order valence-corrected chi connectivity index (χ4v) is 2.85. The molecule has 0 spiro atoms. The quantitative estimate of drug-likeness (QED) is 0.500. The Kier molecular flexibility index (Phi) is 5.39. The summed E-state index contributed by atoms with van der Waals surface area (Å²) in [4.78, 5) is 12.4. The summed E-state index contributed by atoms with van der Waals surface area (Å²) in [5, 5.41) is 14.8. The number of furan rings is 1. The lowest BCUT2D eigenvalue weighted by Crippen LogP contribution is -2.17. The molecule has 0 bridgehead atoms. The molecule has 1 amide bonds. The van der Waals surface area contributed by atoms with E-state index in [1.54, 1.807) is 25.1 Å². The van der Waals surface area contributed by atoms with Gasteiger partial charge in [-0.05, 0) is 36.8 Å². The van der Waals surface area contributed by atoms with Gasteiger partial charge in [-0.3, -0.25) is 4.79 Å². The van der Waals surface area contributed by atoms with Gasteiger partial charge in [0.2, 0.25) is 5.75 Å². The first kappa shape index (κ1) is 19.1. The minimum Gasteiger partial charge on any atom is -0.506 e. The van der Waals surface area contributed by atoms with Crippen molar-refractivity contribution in [3.8, 4) is 23.0 Å². The van der Waals surface area contributed by atoms with Gasteiger partial charge in [0, 0.05) is 5.56 Å². The zero-order valence-electron chi connectivity index (χ0n) is 15.9. The fraction of sp³-hybridized carbons (Fsp3) is 0.200. The minimum atomic E-state index is -0.552. The van der Waals surface area contributed by atoms with Crippen LogP contribution in [-0.2, 0) is 0 Å². The van der Waals surface area contributed by atoms with Crippen LogP contribution < -0.4 is 19.6 Å². The van der Waals surface area contributed by atoms with Crippen LogP contribution in [0.15, 0.2) is 40.0 Å². The van der Waals surface area contributed by atoms with E-state index < -0.39 is 5.91 Å². The van der Waals surface area contributed by atoms with Gasteiger partial charge in [0.05, 0.1) is 44.8 Å². The maximum atomic E-state index is 12.4. The number of amides is 1. The van der Waals surface area contributed by atoms with Gasteiger partial charge in [0.1, 0.15) is 11.3 Å². The Morgan fingerprint density at radius 2 is 1.82 bits per heavy atom. The molecule has 0 unspecified atom stereocenters. The first-order valence-electron chi connectivity index (χ1n) is 8.33. The van der Waals surface area contributed by atoms with Crippen LogP contribution in [0.1, 0.15) is 21.5 Å². The molecule has 1 heterocycles. The molecule has 0 aliphatic rings. The van der Waals surface area contributed by atoms with Crippen LogP contribution in [0.25, 0.3) is 11.0 Å². The molecule has 1 aromatic heterocycles. The fourth-order valence-electron chi connectivity index (χ4n) is 2.85. The van der Waals surface area contributed by atoms with Crippen LogP contribution >= 0.6 is 0 Å². The highest BCUT2D eigenvalue weighted by Crippen LogP contribution is 2.37. The number of rotatable bonds is 6. The SMILES string of the molecule is COc1cc(/C=N/NC(=O)c2ccc3occ(C)c3c2O)cc(OC)c1OC. The number of hydrazone groups is 1. The molecule has 8 heteroatoms. The van der Waals surface area contributed by atoms with E-state index in [-0.39, 0.29) is 11.3 Å². The van der Waals surface area contributed by atoms with Gasteiger partial charge < -0.3 is 23.7 Å². The number of hydrogen-bond donors (Lipinski definition) is 2. The monoisotopic (exact) mass is 384 g/mol. The van der Waals surface area contributed by atoms with Gasteiger partial charge in [-0.1, -0.05) is 0 Å². The van der Waals surface area contributed by atoms with Crippen molar-refractivity contribution < 1.29 is 28.5 Å². The number of fused-ring (bicyclic) bond motifs is 1. The van der Waals surface area contributed by atoms with E-state index in [1.807, 2.05) is 0 Å². The molecule has 146 valence electrons. The average molecular weight is 384 g/mol. The lowest BCUT2D eigenvalue weighted by molar-refractivity contribution is 0.0952. The van der Waals surface area contributed by atoms with Crippen molar-refractivity contribution in [1.82, 2.24) is 5.43 Å². The Balaban J connectivity index is 1.82. The highest BCUT2D eigenvalue weighted by Gasteiger charge is 2.17. The number of benzene rings is 2. The molecule has 0 radical (unpaired) electrons. The normalized spacial score (nSPS) is 11.0. The van der Waals surface area contributed by atoms with Gasteiger partial charge in [0.25, 0.3) is 5.91 Å². The Hall–Kier alpha value is -3.68. The molecule has 0 saturated carbocycles. The predicted octanol–water partition coefficient (Wildman–Crippen LogP) is 3.24. The molecular formula is C20H20N2O6. The van der Waals surface area contributed by atoms with Crippen molar-refractivity contribution in [1.29, 1.82) is 0 Å². The van der Waals surface area contributed by atoms with Crippen molar-refractivity contribution in [3.05, 3.63) is 47.2 Å². The summed E-state index contributed by atoms with van der Waals surface area (Å²) in [6.45, 7) is 1.79. The molecule has 0 aliphatic carbocycles. The minimum absolute atomic E-state index is 0.0963. The summed E-state index contributed by atoms with van der Waals surface area (Å²) in [5.41, 5.74) is 4.36. The average Bonchev–Trinajstić information content (AvgIpc) is 3.08. The Morgan fingerprint density at radius 3 is 2.43 bits per heavy atom. The summed E-state index contributed by atoms with van der Waals surface area (Å²) in [6.07, 6.45) is 2.95. The van der Waals surface area contributed by atoms with E-state index in [9.17, 15) is 9.90 Å². The van der Waals surface area contributed by atoms with E-state index in [4.69, 9.17) is 18.6 Å². The van der Waals surface area contributed by atoms with Gasteiger partial charge in [-0.2, -0.15) is 5.10 Å². The third kappa shape index (κ3) is 3.44. The summed E-state index contributed by atoms with van der Waals surface area (Å²) in [7, 11) is 4.53. The molecule has 3 rings (SSSR count). The zero-order chi connectivity index (χ0) is 20.3. The third-order valence-corrected chi connectivity index (χ3v) is 4.21. The van der Waals surface area contributed by atoms with Crippen molar-refractivity contribution in [2.24, 2.45) is 5.10 Å². The molecule has 0 aliphatic heterocycles. The van der Waals surface area contributed by atoms with Crippen LogP contribution in [0.3, 0.4) is 0 Å². The van der Waals surface area contributed by atoms with Gasteiger partial charge >= 0.3 is 0 Å². The van der Waals surface area contributed by atoms with E-state index in [1.165, 1.54) is 39.9 Å². The molecule has 28 heavy (non-hydrogen) atoms. The number of carbonyl (C=O) groups excluding carboxylic acids is 1. The van der Waals surface area contributed by atoms with Gasteiger partial charge in [-0.25, -0.2) is 5.43 Å². The molecule has 8 nitrogen and oxygen atoms in total. The van der Waals surface area contributed by atoms with E-state index in [0.29, 0.717) is 33.8 Å². The van der Waals surface area contributed by atoms with Crippen LogP contribution in [0.2, 0.25) is 0 Å². The second-order valence-corrected chi connectivity index (χ2v) is 5.91. The van der Waals surface area contributed by atoms with Gasteiger partial charge in [0.15, 0.2) is 11.5 Å². The lowest BCUT2D eigenvalue weighted by atomic mass is 10.1. The molecule has 0 saturated heterocycles. The zero-order valence-corrected chi connectivity index (χ0v) is 15.9. The maximum Gasteiger partial charge on any atom is 0.275 e. The summed E-state index contributed by atoms with van der Waals surface area (Å²) in [6, 6.07) is 6.48. The van der Waals surface area contributed by atoms with Crippen molar-refractivity contribution in [2.45, 2.75) is 6.92 Å². The van der Waals surface area contributed by atoms with E-state index in [0.717, 1.165) is 5.56 Å². The summed E-state index contributed by atoms with van der Waals surface area (Å²) < 4.78 is 21.1. The van der Waals surface area contributed by atoms with Crippen molar-refractivity contribution in [3.63, 3.8) is 0 Å². The first-order chi connectivity index (χ1) is 13.5. The number of aromatic hydroxyl groups is 1. The highest BCUT2D eigenvalue weighted by molar-refractivity contribution is 6.03. The molecule has 2 aromatic carbocycles. The number of methoxy groups -OCH3 is 3. The van der Waals surface area contributed by atoms with Crippen molar-refractivity contribution >= 4 is 23.1 Å². The number of nitrogens with one attached hydrogen (secondary N) is 1. The molecule has 2 N–H and O–H groups in total. The molecule has 0 atom stereocenters. The van der Waals surface area contributed by atoms with Crippen LogP contribution in [0.4, 0.5) is 0 Å². The number of carbonyl (C=O) groups is 1. The lowest BCUT2D eigenvalue weighted by Gasteiger charge is -2.12. The third-order valence-electron chi connectivity index (χ3n) is 4.21. The van der Waals surface area contributed by atoms with Crippen LogP contribution in [0.5, 0.6) is 23.0 Å². The van der Waals surface area contributed by atoms with E-state index >= 15 is 0 Å². The second kappa shape index (κ2) is 7.91. The number of nitrogens with zero attached hydrogens (tertiary/aromatic N) is 1. The predicted molar refractivity (Wildman–Crippen MR) is 104 cm³/mol. The number of phenolic OH excluding ortho intramolecular Hbond substituents is 1. The number of aryl methyl sites for hydroxylation is 1. The Morgan fingerprint density at radius 1 is 1.14 bits per heavy atom. The molecule has 0 fully saturated rings. The largest absolute Gasteiger partial charge is 0.506 e. The molecule has 3 aromatic rings. The van der Waals surface area contributed by atoms with Gasteiger partial charge in [-0.15, -0.1) is 0 Å². The highest BCUT2D eigenvalue weighted by atomic mass is 16.5.